The molecule has 5 rings (SSSR count). The van der Waals surface area contributed by atoms with Crippen molar-refractivity contribution in [1.29, 1.82) is 0 Å². The number of aromatic nitrogens is 2. The van der Waals surface area contributed by atoms with Crippen LogP contribution in [0.2, 0.25) is 0 Å². The first-order valence-electron chi connectivity index (χ1n) is 18.1. The van der Waals surface area contributed by atoms with Crippen LogP contribution in [-0.2, 0) is 9.47 Å². The molecule has 0 bridgehead atoms. The van der Waals surface area contributed by atoms with Gasteiger partial charge >= 0.3 is 12.2 Å². The van der Waals surface area contributed by atoms with Crippen LogP contribution < -0.4 is 32.7 Å². The smallest absolute Gasteiger partial charge is 0.407 e. The Bertz CT molecular complexity index is 1440. The van der Waals surface area contributed by atoms with Crippen LogP contribution in [0.1, 0.15) is 110 Å². The van der Waals surface area contributed by atoms with Gasteiger partial charge in [0.15, 0.2) is 23.3 Å². The second-order valence-corrected chi connectivity index (χ2v) is 15.8. The first kappa shape index (κ1) is 44.7. The first-order valence-corrected chi connectivity index (χ1v) is 18.1. The van der Waals surface area contributed by atoms with Gasteiger partial charge in [-0.3, -0.25) is 0 Å². The highest BCUT2D eigenvalue weighted by molar-refractivity contribution is 5.85. The van der Waals surface area contributed by atoms with E-state index in [1.807, 2.05) is 48.5 Å². The van der Waals surface area contributed by atoms with E-state index in [4.69, 9.17) is 20.9 Å². The fourth-order valence-electron chi connectivity index (χ4n) is 6.19. The summed E-state index contributed by atoms with van der Waals surface area (Å²) in [4.78, 5) is 31.4. The van der Waals surface area contributed by atoms with Gasteiger partial charge in [-0.2, -0.15) is 0 Å². The molecule has 6 atom stereocenters. The van der Waals surface area contributed by atoms with Crippen LogP contribution in [0, 0.1) is 25.5 Å². The fraction of sp³-hybridized carbons (Fsp3) is 0.676. The second-order valence-electron chi connectivity index (χ2n) is 15.8. The lowest BCUT2D eigenvalue weighted by Gasteiger charge is -2.25. The van der Waals surface area contributed by atoms with Gasteiger partial charge in [-0.25, -0.2) is 28.3 Å². The number of hydrogen-bond donors (Lipinski definition) is 6. The monoisotopic (exact) mass is 754 g/mol. The summed E-state index contributed by atoms with van der Waals surface area (Å²) < 4.78 is 37.8. The SMILES string of the molecule is CC(C)(C)OC(=O)N[C@H]1CCC[C@@H]1N.Cc1cnc(N[C@H]2CCC[C@@H]2N)c(F)c1.Cc1cnc(N[C@H]2CCC[C@@H]2NC(=O)OC(C)(C)C)c(F)c1.Cl. The van der Waals surface area contributed by atoms with Crippen molar-refractivity contribution >= 4 is 36.2 Å². The number of amides is 2. The molecule has 0 aromatic carbocycles. The normalized spacial score (nSPS) is 23.8. The number of anilines is 2. The van der Waals surface area contributed by atoms with Gasteiger partial charge in [0.1, 0.15) is 11.2 Å². The zero-order valence-electron chi connectivity index (χ0n) is 32.0. The highest BCUT2D eigenvalue weighted by Crippen LogP contribution is 2.25. The zero-order chi connectivity index (χ0) is 37.9. The van der Waals surface area contributed by atoms with Crippen LogP contribution in [-0.4, -0.2) is 69.6 Å². The van der Waals surface area contributed by atoms with Gasteiger partial charge in [-0.15, -0.1) is 12.4 Å². The highest BCUT2D eigenvalue weighted by atomic mass is 35.5. The average molecular weight is 755 g/mol. The Kier molecular flexibility index (Phi) is 17.3. The van der Waals surface area contributed by atoms with E-state index in [-0.39, 0.29) is 72.2 Å². The molecule has 52 heavy (non-hydrogen) atoms. The van der Waals surface area contributed by atoms with E-state index < -0.39 is 17.3 Å². The summed E-state index contributed by atoms with van der Waals surface area (Å²) in [7, 11) is 0. The molecule has 3 fully saturated rings. The molecule has 0 radical (unpaired) electrons. The van der Waals surface area contributed by atoms with Gasteiger partial charge in [0.2, 0.25) is 0 Å². The molecule has 2 aromatic heterocycles. The largest absolute Gasteiger partial charge is 0.444 e. The summed E-state index contributed by atoms with van der Waals surface area (Å²) in [6.07, 6.45) is 11.3. The number of hydrogen-bond acceptors (Lipinski definition) is 10. The Morgan fingerprint density at radius 2 is 1.02 bits per heavy atom. The number of alkyl carbamates (subject to hydrolysis) is 2. The minimum Gasteiger partial charge on any atom is -0.444 e. The molecule has 3 aliphatic rings. The topological polar surface area (TPSA) is 179 Å². The lowest BCUT2D eigenvalue weighted by molar-refractivity contribution is 0.0490. The van der Waals surface area contributed by atoms with Crippen molar-refractivity contribution in [2.45, 2.75) is 161 Å². The molecule has 294 valence electrons. The summed E-state index contributed by atoms with van der Waals surface area (Å²) in [6, 6.07) is 3.25. The maximum absolute atomic E-state index is 13.9. The molecule has 0 unspecified atom stereocenters. The van der Waals surface area contributed by atoms with Crippen molar-refractivity contribution in [2.75, 3.05) is 10.6 Å². The highest BCUT2D eigenvalue weighted by Gasteiger charge is 2.31. The maximum atomic E-state index is 13.9. The Labute approximate surface area is 314 Å². The average Bonchev–Trinajstić information content (AvgIpc) is 3.72. The van der Waals surface area contributed by atoms with Crippen molar-refractivity contribution in [3.63, 3.8) is 0 Å². The Morgan fingerprint density at radius 3 is 1.42 bits per heavy atom. The molecule has 8 N–H and O–H groups in total. The molecule has 0 aliphatic heterocycles. The predicted octanol–water partition coefficient (Wildman–Crippen LogP) is 7.02. The third kappa shape index (κ3) is 15.6. The lowest BCUT2D eigenvalue weighted by Crippen LogP contribution is -2.45. The summed E-state index contributed by atoms with van der Waals surface area (Å²) >= 11 is 0. The van der Waals surface area contributed by atoms with Crippen LogP contribution >= 0.6 is 12.4 Å². The van der Waals surface area contributed by atoms with Crippen LogP contribution in [0.25, 0.3) is 0 Å². The predicted molar refractivity (Wildman–Crippen MR) is 204 cm³/mol. The molecule has 2 heterocycles. The van der Waals surface area contributed by atoms with Crippen molar-refractivity contribution in [3.8, 4) is 0 Å². The van der Waals surface area contributed by atoms with E-state index >= 15 is 0 Å². The summed E-state index contributed by atoms with van der Waals surface area (Å²) in [6.45, 7) is 14.6. The fourth-order valence-corrected chi connectivity index (χ4v) is 6.19. The molecule has 15 heteroatoms. The number of pyridine rings is 2. The Balaban J connectivity index is 0.000000277. The quantitative estimate of drug-likeness (QED) is 0.180. The number of rotatable bonds is 6. The molecule has 0 spiro atoms. The number of aryl methyl sites for hydroxylation is 2. The van der Waals surface area contributed by atoms with Gasteiger partial charge in [0.25, 0.3) is 0 Å². The molecule has 0 saturated heterocycles. The number of nitrogens with one attached hydrogen (secondary N) is 4. The standard InChI is InChI=1S/C16H24FN3O2.C11H16FN3.C10H20N2O2.ClH/c1-10-8-11(17)14(18-9-10)19-12-6-5-7-13(12)20-15(21)22-16(2,3)4;1-7-5-8(12)11(14-6-7)15-10-4-2-3-9(10)13;1-10(2,3)14-9(13)12-8-6-4-5-7(8)11;/h8-9,12-13H,5-7H2,1-4H3,(H,18,19)(H,20,21);5-6,9-10H,2-4,13H2,1H3,(H,14,15);7-8H,4-6,11H2,1-3H3,(H,12,13);1H/t12-,13-;9-,10-;7-,8-;/m000./s1. The van der Waals surface area contributed by atoms with Crippen LogP contribution in [0.4, 0.5) is 30.0 Å². The van der Waals surface area contributed by atoms with Crippen molar-refractivity contribution in [1.82, 2.24) is 20.6 Å². The summed E-state index contributed by atoms with van der Waals surface area (Å²) in [5.74, 6) is -0.117. The number of ether oxygens (including phenoxy) is 2. The van der Waals surface area contributed by atoms with Gasteiger partial charge < -0.3 is 42.2 Å². The van der Waals surface area contributed by atoms with Crippen LogP contribution in [0.15, 0.2) is 24.5 Å². The van der Waals surface area contributed by atoms with E-state index in [2.05, 4.69) is 31.2 Å². The second kappa shape index (κ2) is 20.1. The summed E-state index contributed by atoms with van der Waals surface area (Å²) in [5.41, 5.74) is 12.3. The van der Waals surface area contributed by atoms with E-state index in [0.29, 0.717) is 5.82 Å². The van der Waals surface area contributed by atoms with Crippen molar-refractivity contribution < 1.29 is 27.8 Å². The van der Waals surface area contributed by atoms with Gasteiger partial charge in [0.05, 0.1) is 6.04 Å². The molecule has 3 saturated carbocycles. The van der Waals surface area contributed by atoms with Crippen LogP contribution in [0.5, 0.6) is 0 Å². The number of halogens is 3. The van der Waals surface area contributed by atoms with E-state index in [1.165, 1.54) is 12.1 Å². The Morgan fingerprint density at radius 1 is 0.654 bits per heavy atom. The summed E-state index contributed by atoms with van der Waals surface area (Å²) in [5, 5.41) is 11.8. The van der Waals surface area contributed by atoms with E-state index in [9.17, 15) is 18.4 Å². The van der Waals surface area contributed by atoms with E-state index in [0.717, 1.165) is 68.9 Å². The number of nitrogens with zero attached hydrogens (tertiary/aromatic N) is 2. The van der Waals surface area contributed by atoms with Crippen molar-refractivity contribution in [3.05, 3.63) is 47.3 Å². The first-order chi connectivity index (χ1) is 23.8. The van der Waals surface area contributed by atoms with Gasteiger partial charge in [-0.05, 0) is 136 Å². The number of carbonyl (C=O) groups is 2. The molecule has 2 amide bonds. The number of nitrogens with two attached hydrogens (primary N) is 2. The minimum absolute atomic E-state index is 0. The van der Waals surface area contributed by atoms with Crippen LogP contribution in [0.3, 0.4) is 0 Å². The molecule has 3 aliphatic carbocycles. The molecule has 12 nitrogen and oxygen atoms in total. The zero-order valence-corrected chi connectivity index (χ0v) is 32.8. The minimum atomic E-state index is -0.532. The van der Waals surface area contributed by atoms with Crippen molar-refractivity contribution in [2.24, 2.45) is 11.5 Å². The van der Waals surface area contributed by atoms with Gasteiger partial charge in [-0.1, -0.05) is 0 Å². The lowest BCUT2D eigenvalue weighted by atomic mass is 10.1. The molecular formula is C37H61ClF2N8O4. The third-order valence-electron chi connectivity index (χ3n) is 8.66. The third-order valence-corrected chi connectivity index (χ3v) is 8.66. The van der Waals surface area contributed by atoms with E-state index in [1.54, 1.807) is 19.3 Å². The maximum Gasteiger partial charge on any atom is 0.407 e. The van der Waals surface area contributed by atoms with Gasteiger partial charge in [0, 0.05) is 42.6 Å². The number of carbonyl (C=O) groups excluding carboxylic acids is 2. The Hall–Kier alpha value is -3.49. The molecular weight excluding hydrogens is 694 g/mol. The molecule has 2 aromatic rings.